The van der Waals surface area contributed by atoms with E-state index >= 15 is 4.39 Å². The highest BCUT2D eigenvalue weighted by molar-refractivity contribution is 7.98. The number of aromatic amines is 1. The minimum atomic E-state index is -1.38. The van der Waals surface area contributed by atoms with Gasteiger partial charge in [-0.25, -0.2) is 8.78 Å². The van der Waals surface area contributed by atoms with E-state index in [0.29, 0.717) is 142 Å². The summed E-state index contributed by atoms with van der Waals surface area (Å²) in [5.74, 6) is -2.22. The fraction of sp³-hybridized carbons (Fsp3) is 0.576. The first-order valence-corrected chi connectivity index (χ1v) is 34.3. The second-order valence-electron chi connectivity index (χ2n) is 24.9. The number of aliphatic hydroxyl groups is 1. The Morgan fingerprint density at radius 2 is 1.40 bits per heavy atom. The molecule has 9 rings (SSSR count). The molecule has 0 spiro atoms. The molecule has 23 heteroatoms. The van der Waals surface area contributed by atoms with Crippen LogP contribution in [0, 0.1) is 29.5 Å². The summed E-state index contributed by atoms with van der Waals surface area (Å²) in [6.45, 7) is 0.336. The van der Waals surface area contributed by atoms with Gasteiger partial charge >= 0.3 is 0 Å². The Morgan fingerprint density at radius 1 is 0.663 bits per heavy atom. The number of carbonyl (C=O) groups excluding carboxylic acids is 8. The number of carbonyl (C=O) groups is 8. The van der Waals surface area contributed by atoms with Crippen LogP contribution in [-0.2, 0) is 58.0 Å². The number of amides is 8. The number of benzene rings is 3. The second kappa shape index (κ2) is 33.0. The number of halogens is 2. The number of aliphatic hydroxyl groups excluding tert-OH is 1. The van der Waals surface area contributed by atoms with Crippen molar-refractivity contribution in [1.29, 1.82) is 0 Å². The maximum atomic E-state index is 15.1. The molecule has 8 amide bonds. The van der Waals surface area contributed by atoms with Crippen LogP contribution in [0.25, 0.3) is 10.9 Å². The summed E-state index contributed by atoms with van der Waals surface area (Å²) in [6, 6.07) is 13.7. The van der Waals surface area contributed by atoms with Crippen LogP contribution in [0.1, 0.15) is 142 Å². The number of unbranched alkanes of at least 4 members (excludes halogenated alkanes) is 1. The summed E-state index contributed by atoms with van der Waals surface area (Å²) >= 11 is 3.24. The molecule has 482 valence electrons. The number of rotatable bonds is 10. The molecule has 1 aromatic heterocycles. The van der Waals surface area contributed by atoms with E-state index in [-0.39, 0.29) is 79.2 Å². The molecule has 9 atom stereocenters. The number of thioether (sulfide) groups is 2. The molecule has 5 aliphatic rings. The Labute approximate surface area is 528 Å². The largest absolute Gasteiger partial charge is 0.393 e. The van der Waals surface area contributed by atoms with Gasteiger partial charge in [-0.05, 0) is 179 Å². The van der Waals surface area contributed by atoms with Crippen molar-refractivity contribution in [3.63, 3.8) is 0 Å². The zero-order chi connectivity index (χ0) is 62.8. The first-order valence-electron chi connectivity index (χ1n) is 32.0. The van der Waals surface area contributed by atoms with Crippen molar-refractivity contribution < 1.29 is 52.2 Å². The Balaban J connectivity index is 0.985. The van der Waals surface area contributed by atoms with Gasteiger partial charge in [0.15, 0.2) is 0 Å². The van der Waals surface area contributed by atoms with Gasteiger partial charge in [0.25, 0.3) is 5.91 Å². The number of hydrogen-bond donors (Lipinski definition) is 10. The predicted octanol–water partition coefficient (Wildman–Crippen LogP) is 6.14. The molecule has 3 aliphatic carbocycles. The number of aromatic nitrogens is 1. The molecule has 19 nitrogen and oxygen atoms in total. The van der Waals surface area contributed by atoms with E-state index in [1.165, 1.54) is 12.1 Å². The van der Waals surface area contributed by atoms with Crippen LogP contribution in [0.3, 0.4) is 0 Å². The van der Waals surface area contributed by atoms with Crippen molar-refractivity contribution in [3.05, 3.63) is 107 Å². The van der Waals surface area contributed by atoms with Gasteiger partial charge in [-0.3, -0.25) is 38.4 Å². The zero-order valence-corrected chi connectivity index (χ0v) is 52.3. The SMILES string of the molecule is NCCCC[C@@H]1NC(=O)CCSCc2cccc(c2)CSCCNC(=O)C2CCCN2C(=O)[C@H](CC2CCC(O)CC2)NC(=O)c2ccccc2CNC(=O)[C@H](CC2CCC3CCC(F)CC32)NC(=O)[C@H](Cc2c[nH]c3ccc(F)cc23)NC(=O)CNC1=O. The first-order chi connectivity index (χ1) is 43.1. The number of alkyl halides is 1. The summed E-state index contributed by atoms with van der Waals surface area (Å²) in [4.78, 5) is 119. The maximum Gasteiger partial charge on any atom is 0.252 e. The minimum Gasteiger partial charge on any atom is -0.393 e. The van der Waals surface area contributed by atoms with Crippen LogP contribution in [0.2, 0.25) is 0 Å². The summed E-state index contributed by atoms with van der Waals surface area (Å²) in [6.07, 6.45) is 8.55. The first kappa shape index (κ1) is 66.8. The molecule has 2 bridgehead atoms. The van der Waals surface area contributed by atoms with Crippen LogP contribution in [-0.4, -0.2) is 142 Å². The molecule has 3 saturated carbocycles. The molecule has 3 aromatic carbocycles. The zero-order valence-electron chi connectivity index (χ0n) is 50.7. The van der Waals surface area contributed by atoms with Crippen LogP contribution < -0.4 is 43.0 Å². The van der Waals surface area contributed by atoms with Crippen LogP contribution in [0.15, 0.2) is 72.9 Å². The molecule has 4 aromatic rings. The topological polar surface area (TPSA) is 286 Å². The monoisotopic (exact) mass is 1270 g/mol. The highest BCUT2D eigenvalue weighted by atomic mass is 32.2. The maximum absolute atomic E-state index is 15.1. The quantitative estimate of drug-likeness (QED) is 0.0802. The smallest absolute Gasteiger partial charge is 0.252 e. The van der Waals surface area contributed by atoms with E-state index < -0.39 is 84.4 Å². The second-order valence-corrected chi connectivity index (χ2v) is 27.1. The van der Waals surface area contributed by atoms with Crippen molar-refractivity contribution in [1.82, 2.24) is 47.1 Å². The fourth-order valence-corrected chi connectivity index (χ4v) is 15.5. The predicted molar refractivity (Wildman–Crippen MR) is 340 cm³/mol. The average molecular weight is 1270 g/mol. The number of hydrogen-bond acceptors (Lipinski definition) is 12. The summed E-state index contributed by atoms with van der Waals surface area (Å²) in [7, 11) is 0. The third kappa shape index (κ3) is 19.0. The highest BCUT2D eigenvalue weighted by Gasteiger charge is 2.43. The highest BCUT2D eigenvalue weighted by Crippen LogP contribution is 2.48. The van der Waals surface area contributed by atoms with Crippen LogP contribution >= 0.6 is 23.5 Å². The Bertz CT molecular complexity index is 3110. The molecule has 4 fully saturated rings. The Hall–Kier alpha value is -6.56. The Morgan fingerprint density at radius 3 is 2.20 bits per heavy atom. The van der Waals surface area contributed by atoms with E-state index in [1.807, 2.05) is 18.2 Å². The van der Waals surface area contributed by atoms with Crippen molar-refractivity contribution >= 4 is 81.7 Å². The lowest BCUT2D eigenvalue weighted by Crippen LogP contribution is -2.56. The summed E-state index contributed by atoms with van der Waals surface area (Å²) in [5.41, 5.74) is 9.63. The summed E-state index contributed by atoms with van der Waals surface area (Å²) in [5, 5.41) is 31.1. The van der Waals surface area contributed by atoms with Crippen molar-refractivity contribution in [3.8, 4) is 0 Å². The van der Waals surface area contributed by atoms with Gasteiger partial charge in [-0.15, -0.1) is 0 Å². The molecular weight excluding hydrogens is 1180 g/mol. The van der Waals surface area contributed by atoms with Crippen LogP contribution in [0.5, 0.6) is 0 Å². The summed E-state index contributed by atoms with van der Waals surface area (Å²) < 4.78 is 29.9. The lowest BCUT2D eigenvalue weighted by atomic mass is 9.75. The number of fused-ring (bicyclic) bond motifs is 6. The number of nitrogens with two attached hydrogens (primary N) is 1. The van der Waals surface area contributed by atoms with E-state index in [4.69, 9.17) is 5.73 Å². The fourth-order valence-electron chi connectivity index (χ4n) is 13.8. The molecule has 0 radical (unpaired) electrons. The lowest BCUT2D eigenvalue weighted by Gasteiger charge is -2.33. The van der Waals surface area contributed by atoms with Gasteiger partial charge < -0.3 is 57.9 Å². The average Bonchev–Trinajstić information content (AvgIpc) is 2.50. The third-order valence-corrected chi connectivity index (χ3v) is 20.6. The molecular formula is C66H88F2N10O9S2. The standard InChI is InChI=1S/C66H88F2N10O9S2/c67-47-18-17-43-15-16-44(51(43)33-47)31-55-63(84)72-35-45-9-1-2-10-50(45)61(82)77-57(30-40-13-20-49(79)21-14-40)66(87)78-26-6-12-58(78)65(86)70-25-28-89-39-42-8-5-7-41(29-42)38-88-27-23-59(80)74-54(11-3-4-24-69)62(83)73-37-60(81)75-56(64(85)76-55)32-46-36-71-53-22-19-48(68)34-52(46)53/h1-2,5,7-10,19,22,29,34,36,40,43-44,47,49,51,54-58,71,79H,3-4,6,11-18,20-21,23-28,30-33,35,37-39,69H2,(H,70,86)(H,72,84)(H,73,83)(H,74,80)(H,75,81)(H,76,85)(H,77,82)/t40?,43?,44?,47?,49?,51?,54-,55-,56-,57-,58?/m0/s1. The molecule has 5 unspecified atom stereocenters. The lowest BCUT2D eigenvalue weighted by molar-refractivity contribution is -0.140. The molecule has 3 heterocycles. The van der Waals surface area contributed by atoms with Gasteiger partial charge in [0.1, 0.15) is 42.2 Å². The van der Waals surface area contributed by atoms with Crippen molar-refractivity contribution in [2.75, 3.05) is 37.7 Å². The number of H-pyrrole nitrogens is 1. The van der Waals surface area contributed by atoms with E-state index in [1.54, 1.807) is 65.0 Å². The molecule has 11 N–H and O–H groups in total. The molecule has 1 saturated heterocycles. The normalized spacial score (nSPS) is 28.2. The van der Waals surface area contributed by atoms with Gasteiger partial charge in [0.05, 0.1) is 12.6 Å². The van der Waals surface area contributed by atoms with E-state index in [9.17, 15) is 47.9 Å². The molecule has 89 heavy (non-hydrogen) atoms. The molecule has 2 aliphatic heterocycles. The Kier molecular flexibility index (Phi) is 24.8. The van der Waals surface area contributed by atoms with Gasteiger partial charge in [-0.2, -0.15) is 23.5 Å². The van der Waals surface area contributed by atoms with Gasteiger partial charge in [0, 0.05) is 78.2 Å². The van der Waals surface area contributed by atoms with Crippen LogP contribution in [0.4, 0.5) is 8.78 Å². The van der Waals surface area contributed by atoms with E-state index in [0.717, 1.165) is 24.0 Å². The van der Waals surface area contributed by atoms with Crippen molar-refractivity contribution in [2.45, 2.75) is 176 Å². The number of nitrogens with one attached hydrogen (secondary N) is 8. The number of nitrogens with zero attached hydrogens (tertiary/aromatic N) is 1. The minimum absolute atomic E-state index is 0.0204. The van der Waals surface area contributed by atoms with Gasteiger partial charge in [-0.1, -0.05) is 42.5 Å². The third-order valence-electron chi connectivity index (χ3n) is 18.6. The van der Waals surface area contributed by atoms with E-state index in [2.05, 4.69) is 48.3 Å². The van der Waals surface area contributed by atoms with Gasteiger partial charge in [0.2, 0.25) is 41.4 Å². The van der Waals surface area contributed by atoms with Crippen molar-refractivity contribution in [2.24, 2.45) is 29.4 Å².